The smallest absolute Gasteiger partial charge is 0.417 e. The Kier molecular flexibility index (Phi) is 6.26. The zero-order chi connectivity index (χ0) is 23.5. The van der Waals surface area contributed by atoms with E-state index in [9.17, 15) is 19.5 Å². The van der Waals surface area contributed by atoms with Gasteiger partial charge in [-0.05, 0) is 49.6 Å². The zero-order valence-corrected chi connectivity index (χ0v) is 18.5. The van der Waals surface area contributed by atoms with Gasteiger partial charge in [-0.15, -0.1) is 0 Å². The van der Waals surface area contributed by atoms with Crippen LogP contribution in [0.1, 0.15) is 34.9 Å². The Balaban J connectivity index is 1.66. The molecular formula is C25H25N3O5. The summed E-state index contributed by atoms with van der Waals surface area (Å²) < 4.78 is 6.92. The summed E-state index contributed by atoms with van der Waals surface area (Å²) in [7, 11) is 0. The normalized spacial score (nSPS) is 16.5. The summed E-state index contributed by atoms with van der Waals surface area (Å²) in [6, 6.07) is 18.0. The van der Waals surface area contributed by atoms with Crippen LogP contribution in [0.3, 0.4) is 0 Å². The summed E-state index contributed by atoms with van der Waals surface area (Å²) in [5.41, 5.74) is 3.94. The summed E-state index contributed by atoms with van der Waals surface area (Å²) in [6.07, 6.45) is -0.753. The van der Waals surface area contributed by atoms with Crippen molar-refractivity contribution in [3.8, 4) is 5.69 Å². The molecule has 0 bridgehead atoms. The quantitative estimate of drug-likeness (QED) is 0.593. The highest BCUT2D eigenvalue weighted by Gasteiger charge is 2.41. The Labute approximate surface area is 191 Å². The molecular weight excluding hydrogens is 422 g/mol. The third-order valence-corrected chi connectivity index (χ3v) is 5.72. The maximum atomic E-state index is 13.6. The van der Waals surface area contributed by atoms with Crippen molar-refractivity contribution in [1.82, 2.24) is 14.7 Å². The van der Waals surface area contributed by atoms with Crippen molar-refractivity contribution in [3.05, 3.63) is 83.2 Å². The molecule has 0 saturated carbocycles. The van der Waals surface area contributed by atoms with Crippen LogP contribution < -0.4 is 0 Å². The number of hydrogen-bond acceptors (Lipinski definition) is 5. The molecule has 1 N–H and O–H groups in total. The van der Waals surface area contributed by atoms with Gasteiger partial charge in [-0.3, -0.25) is 9.59 Å². The number of aliphatic carboxylic acids is 1. The van der Waals surface area contributed by atoms with E-state index >= 15 is 0 Å². The number of aryl methyl sites for hydroxylation is 2. The van der Waals surface area contributed by atoms with E-state index in [2.05, 4.69) is 5.10 Å². The molecule has 1 aliphatic heterocycles. The Hall–Kier alpha value is -3.94. The second-order valence-corrected chi connectivity index (χ2v) is 8.21. The standard InChI is InChI=1S/C25H25N3O5/c1-16-11-17(2)28(26-16)20-10-6-9-19(13-20)22(14-23(29)30)24(31)27-21(15-33-25(27)32)12-18-7-4-3-5-8-18/h3-11,13,21-22H,12,14-15H2,1-2H3,(H,29,30). The summed E-state index contributed by atoms with van der Waals surface area (Å²) in [6.45, 7) is 3.88. The SMILES string of the molecule is Cc1cc(C)n(-c2cccc(C(CC(=O)O)C(=O)N3C(=O)OCC3Cc3ccccc3)c2)n1. The lowest BCUT2D eigenvalue weighted by atomic mass is 9.93. The second kappa shape index (κ2) is 9.28. The minimum atomic E-state index is -1.13. The van der Waals surface area contributed by atoms with Gasteiger partial charge in [0.25, 0.3) is 0 Å². The molecule has 2 heterocycles. The Morgan fingerprint density at radius 2 is 1.88 bits per heavy atom. The van der Waals surface area contributed by atoms with Crippen LogP contribution in [-0.2, 0) is 20.7 Å². The molecule has 2 amide bonds. The number of benzene rings is 2. The molecule has 4 rings (SSSR count). The predicted octanol–water partition coefficient (Wildman–Crippen LogP) is 3.64. The monoisotopic (exact) mass is 447 g/mol. The van der Waals surface area contributed by atoms with Gasteiger partial charge in [-0.1, -0.05) is 42.5 Å². The molecule has 33 heavy (non-hydrogen) atoms. The van der Waals surface area contributed by atoms with E-state index in [-0.39, 0.29) is 6.61 Å². The van der Waals surface area contributed by atoms with Crippen LogP contribution in [0.15, 0.2) is 60.7 Å². The number of carbonyl (C=O) groups is 3. The molecule has 8 heteroatoms. The number of amides is 2. The van der Waals surface area contributed by atoms with Gasteiger partial charge < -0.3 is 9.84 Å². The van der Waals surface area contributed by atoms with Crippen LogP contribution in [0.5, 0.6) is 0 Å². The second-order valence-electron chi connectivity index (χ2n) is 8.21. The van der Waals surface area contributed by atoms with Crippen LogP contribution in [-0.4, -0.2) is 50.4 Å². The number of imide groups is 1. The number of aromatic nitrogens is 2. The summed E-state index contributed by atoms with van der Waals surface area (Å²) >= 11 is 0. The lowest BCUT2D eigenvalue weighted by Gasteiger charge is -2.25. The van der Waals surface area contributed by atoms with Crippen molar-refractivity contribution in [3.63, 3.8) is 0 Å². The minimum absolute atomic E-state index is 0.0745. The van der Waals surface area contributed by atoms with Crippen molar-refractivity contribution in [2.75, 3.05) is 6.61 Å². The topological polar surface area (TPSA) is 102 Å². The molecule has 170 valence electrons. The van der Waals surface area contributed by atoms with E-state index < -0.39 is 36.4 Å². The van der Waals surface area contributed by atoms with Gasteiger partial charge in [0, 0.05) is 5.69 Å². The maximum Gasteiger partial charge on any atom is 0.417 e. The molecule has 1 aliphatic rings. The highest BCUT2D eigenvalue weighted by atomic mass is 16.6. The van der Waals surface area contributed by atoms with Crippen LogP contribution >= 0.6 is 0 Å². The lowest BCUT2D eigenvalue weighted by Crippen LogP contribution is -2.43. The van der Waals surface area contributed by atoms with E-state index in [4.69, 9.17) is 4.74 Å². The number of carboxylic acid groups (broad SMARTS) is 1. The first kappa shape index (κ1) is 22.3. The molecule has 2 aromatic carbocycles. The molecule has 1 fully saturated rings. The number of hydrogen-bond donors (Lipinski definition) is 1. The molecule has 2 atom stereocenters. The van der Waals surface area contributed by atoms with Gasteiger partial charge >= 0.3 is 12.1 Å². The van der Waals surface area contributed by atoms with Gasteiger partial charge in [-0.2, -0.15) is 5.10 Å². The molecule has 8 nitrogen and oxygen atoms in total. The van der Waals surface area contributed by atoms with Crippen LogP contribution in [0.4, 0.5) is 4.79 Å². The first-order valence-corrected chi connectivity index (χ1v) is 10.7. The van der Waals surface area contributed by atoms with E-state index in [1.807, 2.05) is 56.3 Å². The van der Waals surface area contributed by atoms with Gasteiger partial charge in [0.15, 0.2) is 0 Å². The largest absolute Gasteiger partial charge is 0.481 e. The fourth-order valence-electron chi connectivity index (χ4n) is 4.22. The van der Waals surface area contributed by atoms with Gasteiger partial charge in [0.1, 0.15) is 6.61 Å². The minimum Gasteiger partial charge on any atom is -0.481 e. The predicted molar refractivity (Wildman–Crippen MR) is 120 cm³/mol. The molecule has 0 spiro atoms. The fourth-order valence-corrected chi connectivity index (χ4v) is 4.22. The number of carbonyl (C=O) groups excluding carboxylic acids is 2. The average molecular weight is 447 g/mol. The van der Waals surface area contributed by atoms with E-state index in [1.54, 1.807) is 22.9 Å². The van der Waals surface area contributed by atoms with Gasteiger partial charge in [-0.25, -0.2) is 14.4 Å². The molecule has 0 aliphatic carbocycles. The fraction of sp³-hybridized carbons (Fsp3) is 0.280. The van der Waals surface area contributed by atoms with Crippen LogP contribution in [0, 0.1) is 13.8 Å². The number of rotatable bonds is 7. The Morgan fingerprint density at radius 3 is 2.55 bits per heavy atom. The zero-order valence-electron chi connectivity index (χ0n) is 18.5. The molecule has 1 saturated heterocycles. The molecule has 3 aromatic rings. The van der Waals surface area contributed by atoms with Crippen LogP contribution in [0.25, 0.3) is 5.69 Å². The number of nitrogens with zero attached hydrogens (tertiary/aromatic N) is 3. The third kappa shape index (κ3) is 4.79. The van der Waals surface area contributed by atoms with Gasteiger partial charge in [0.2, 0.25) is 5.91 Å². The lowest BCUT2D eigenvalue weighted by molar-refractivity contribution is -0.141. The Bertz CT molecular complexity index is 1190. The molecule has 1 aromatic heterocycles. The molecule has 2 unspecified atom stereocenters. The first-order valence-electron chi connectivity index (χ1n) is 10.7. The van der Waals surface area contributed by atoms with Crippen LogP contribution in [0.2, 0.25) is 0 Å². The Morgan fingerprint density at radius 1 is 1.12 bits per heavy atom. The highest BCUT2D eigenvalue weighted by molar-refractivity contribution is 5.98. The highest BCUT2D eigenvalue weighted by Crippen LogP contribution is 2.29. The van der Waals surface area contributed by atoms with Crippen molar-refractivity contribution in [1.29, 1.82) is 0 Å². The maximum absolute atomic E-state index is 13.6. The van der Waals surface area contributed by atoms with E-state index in [0.717, 1.165) is 21.9 Å². The van der Waals surface area contributed by atoms with Crippen molar-refractivity contribution in [2.24, 2.45) is 0 Å². The van der Waals surface area contributed by atoms with E-state index in [0.29, 0.717) is 17.7 Å². The first-order chi connectivity index (χ1) is 15.8. The number of carboxylic acids is 1. The van der Waals surface area contributed by atoms with Crippen molar-refractivity contribution >= 4 is 18.0 Å². The number of ether oxygens (including phenoxy) is 1. The van der Waals surface area contributed by atoms with E-state index in [1.165, 1.54) is 0 Å². The van der Waals surface area contributed by atoms with Gasteiger partial charge in [0.05, 0.1) is 29.8 Å². The van der Waals surface area contributed by atoms with Crippen molar-refractivity contribution in [2.45, 2.75) is 38.6 Å². The summed E-state index contributed by atoms with van der Waals surface area (Å²) in [4.78, 5) is 38.8. The average Bonchev–Trinajstić information content (AvgIpc) is 3.33. The summed E-state index contributed by atoms with van der Waals surface area (Å²) in [5.74, 6) is -2.74. The summed E-state index contributed by atoms with van der Waals surface area (Å²) in [5, 5.41) is 14.0. The molecule has 0 radical (unpaired) electrons. The van der Waals surface area contributed by atoms with Crippen molar-refractivity contribution < 1.29 is 24.2 Å². The third-order valence-electron chi connectivity index (χ3n) is 5.72. The number of cyclic esters (lactones) is 1.